The van der Waals surface area contributed by atoms with E-state index in [1.807, 2.05) is 0 Å². The van der Waals surface area contributed by atoms with Crippen LogP contribution in [-0.4, -0.2) is 0 Å². The van der Waals surface area contributed by atoms with E-state index in [1.54, 1.807) is 0 Å². The van der Waals surface area contributed by atoms with Crippen molar-refractivity contribution in [2.45, 2.75) is 64.7 Å². The van der Waals surface area contributed by atoms with E-state index in [4.69, 9.17) is 0 Å². The standard InChI is InChI=1S/C72H59N/c1-70(2,3)55-34-29-47(30-35-55)46-25-27-48(28-26-46)53-33-39-67(60(41-53)49-17-9-8-10-18-49)73(56-36-38-64-62(45-56)61-42-51-20-11-12-21-52(51)43-66(61)72(64,6)7)68-40-32-50-19-13-14-22-57(50)69(68)54-31-37-59-58-23-15-16-24-63(58)71(4,5)65(59)44-54/h8-45H,1-7H3. The summed E-state index contributed by atoms with van der Waals surface area (Å²) in [7, 11) is 0. The van der Waals surface area contributed by atoms with Crippen LogP contribution in [0.1, 0.15) is 76.3 Å². The fraction of sp³-hybridized carbons (Fsp3) is 0.139. The highest BCUT2D eigenvalue weighted by Crippen LogP contribution is 2.55. The number of hydrogen-bond acceptors (Lipinski definition) is 1. The van der Waals surface area contributed by atoms with Crippen molar-refractivity contribution in [3.8, 4) is 66.8 Å². The third kappa shape index (κ3) is 7.28. The molecule has 11 aromatic rings. The number of rotatable bonds is 7. The van der Waals surface area contributed by atoms with Crippen molar-refractivity contribution in [1.29, 1.82) is 0 Å². The number of nitrogens with zero attached hydrogens (tertiary/aromatic N) is 1. The summed E-state index contributed by atoms with van der Waals surface area (Å²) in [4.78, 5) is 2.57. The molecule has 1 nitrogen and oxygen atoms in total. The molecule has 2 aliphatic carbocycles. The Morgan fingerprint density at radius 1 is 0.315 bits per heavy atom. The van der Waals surface area contributed by atoms with Crippen LogP contribution in [-0.2, 0) is 16.2 Å². The molecule has 2 aliphatic rings. The van der Waals surface area contributed by atoms with E-state index >= 15 is 0 Å². The van der Waals surface area contributed by atoms with Crippen LogP contribution in [0.2, 0.25) is 0 Å². The molecular formula is C72H59N. The Balaban J connectivity index is 1.04. The highest BCUT2D eigenvalue weighted by molar-refractivity contribution is 6.07. The predicted molar refractivity (Wildman–Crippen MR) is 312 cm³/mol. The second kappa shape index (κ2) is 16.7. The van der Waals surface area contributed by atoms with Gasteiger partial charge in [-0.05, 0) is 159 Å². The molecule has 11 aromatic carbocycles. The summed E-state index contributed by atoms with van der Waals surface area (Å²) < 4.78 is 0. The molecule has 0 unspecified atom stereocenters. The van der Waals surface area contributed by atoms with Crippen LogP contribution in [0.4, 0.5) is 17.1 Å². The van der Waals surface area contributed by atoms with Gasteiger partial charge in [0.25, 0.3) is 0 Å². The van der Waals surface area contributed by atoms with Crippen molar-refractivity contribution < 1.29 is 0 Å². The molecule has 0 saturated heterocycles. The van der Waals surface area contributed by atoms with Crippen LogP contribution in [0, 0.1) is 0 Å². The number of fused-ring (bicyclic) bond motifs is 8. The molecule has 1 heteroatoms. The Morgan fingerprint density at radius 3 is 1.58 bits per heavy atom. The third-order valence-electron chi connectivity index (χ3n) is 16.4. The van der Waals surface area contributed by atoms with Crippen molar-refractivity contribution in [3.05, 3.63) is 258 Å². The van der Waals surface area contributed by atoms with E-state index in [0.717, 1.165) is 22.6 Å². The summed E-state index contributed by atoms with van der Waals surface area (Å²) in [6.07, 6.45) is 0. The lowest BCUT2D eigenvalue weighted by molar-refractivity contribution is 0.590. The Morgan fingerprint density at radius 2 is 0.849 bits per heavy atom. The van der Waals surface area contributed by atoms with E-state index in [9.17, 15) is 0 Å². The second-order valence-electron chi connectivity index (χ2n) is 22.5. The molecule has 0 atom stereocenters. The molecule has 13 rings (SSSR count). The highest BCUT2D eigenvalue weighted by atomic mass is 15.1. The molecule has 0 N–H and O–H groups in total. The molecule has 0 fully saturated rings. The predicted octanol–water partition coefficient (Wildman–Crippen LogP) is 20.0. The first-order valence-electron chi connectivity index (χ1n) is 26.0. The van der Waals surface area contributed by atoms with Gasteiger partial charge >= 0.3 is 0 Å². The zero-order valence-corrected chi connectivity index (χ0v) is 42.9. The van der Waals surface area contributed by atoms with Gasteiger partial charge in [-0.15, -0.1) is 0 Å². The monoisotopic (exact) mass is 937 g/mol. The molecule has 73 heavy (non-hydrogen) atoms. The van der Waals surface area contributed by atoms with Gasteiger partial charge in [-0.1, -0.05) is 230 Å². The molecule has 0 aliphatic heterocycles. The van der Waals surface area contributed by atoms with Gasteiger partial charge in [-0.2, -0.15) is 0 Å². The summed E-state index contributed by atoms with van der Waals surface area (Å²) in [5.74, 6) is 0. The van der Waals surface area contributed by atoms with E-state index in [0.29, 0.717) is 0 Å². The lowest BCUT2D eigenvalue weighted by Crippen LogP contribution is -2.16. The normalized spacial score (nSPS) is 13.9. The Bertz CT molecular complexity index is 3970. The average molecular weight is 938 g/mol. The largest absolute Gasteiger partial charge is 0.309 e. The zero-order valence-electron chi connectivity index (χ0n) is 42.9. The number of anilines is 3. The van der Waals surface area contributed by atoms with E-state index in [-0.39, 0.29) is 16.2 Å². The van der Waals surface area contributed by atoms with Crippen LogP contribution in [0.15, 0.2) is 231 Å². The molecule has 0 saturated carbocycles. The third-order valence-corrected chi connectivity index (χ3v) is 16.4. The van der Waals surface area contributed by atoms with Gasteiger partial charge in [0.05, 0.1) is 11.4 Å². The van der Waals surface area contributed by atoms with Crippen molar-refractivity contribution in [2.24, 2.45) is 0 Å². The Kier molecular flexibility index (Phi) is 10.2. The minimum Gasteiger partial charge on any atom is -0.309 e. The summed E-state index contributed by atoms with van der Waals surface area (Å²) in [6.45, 7) is 16.4. The van der Waals surface area contributed by atoms with Gasteiger partial charge in [0.15, 0.2) is 0 Å². The fourth-order valence-corrected chi connectivity index (χ4v) is 12.4. The van der Waals surface area contributed by atoms with Gasteiger partial charge < -0.3 is 4.90 Å². The quantitative estimate of drug-likeness (QED) is 0.154. The number of benzene rings is 11. The lowest BCUT2D eigenvalue weighted by Gasteiger charge is -2.32. The molecule has 0 heterocycles. The summed E-state index contributed by atoms with van der Waals surface area (Å²) >= 11 is 0. The van der Waals surface area contributed by atoms with Crippen molar-refractivity contribution in [3.63, 3.8) is 0 Å². The number of hydrogen-bond donors (Lipinski definition) is 0. The minimum absolute atomic E-state index is 0.112. The highest BCUT2D eigenvalue weighted by Gasteiger charge is 2.38. The van der Waals surface area contributed by atoms with Crippen LogP contribution >= 0.6 is 0 Å². The van der Waals surface area contributed by atoms with Crippen molar-refractivity contribution in [1.82, 2.24) is 0 Å². The molecule has 0 bridgehead atoms. The van der Waals surface area contributed by atoms with Crippen molar-refractivity contribution >= 4 is 38.6 Å². The molecule has 0 radical (unpaired) electrons. The first-order valence-corrected chi connectivity index (χ1v) is 26.0. The maximum atomic E-state index is 2.57. The lowest BCUT2D eigenvalue weighted by atomic mass is 9.81. The Hall–Kier alpha value is -8.26. The van der Waals surface area contributed by atoms with Gasteiger partial charge in [0, 0.05) is 27.6 Å². The molecule has 0 spiro atoms. The first-order chi connectivity index (χ1) is 35.3. The molecular weight excluding hydrogens is 879 g/mol. The van der Waals surface area contributed by atoms with Gasteiger partial charge in [-0.3, -0.25) is 0 Å². The molecule has 0 amide bonds. The van der Waals surface area contributed by atoms with Gasteiger partial charge in [-0.25, -0.2) is 0 Å². The topological polar surface area (TPSA) is 3.24 Å². The summed E-state index contributed by atoms with van der Waals surface area (Å²) in [5.41, 5.74) is 24.8. The van der Waals surface area contributed by atoms with Crippen LogP contribution in [0.5, 0.6) is 0 Å². The first kappa shape index (κ1) is 44.7. The van der Waals surface area contributed by atoms with Crippen LogP contribution < -0.4 is 4.90 Å². The summed E-state index contributed by atoms with van der Waals surface area (Å²) in [6, 6.07) is 87.0. The van der Waals surface area contributed by atoms with E-state index in [1.165, 1.54) is 111 Å². The minimum atomic E-state index is -0.163. The van der Waals surface area contributed by atoms with Gasteiger partial charge in [0.2, 0.25) is 0 Å². The van der Waals surface area contributed by atoms with Crippen LogP contribution in [0.3, 0.4) is 0 Å². The van der Waals surface area contributed by atoms with Crippen molar-refractivity contribution in [2.75, 3.05) is 4.90 Å². The molecule has 352 valence electrons. The maximum absolute atomic E-state index is 2.57. The van der Waals surface area contributed by atoms with E-state index in [2.05, 4.69) is 284 Å². The Labute approximate surface area is 431 Å². The van der Waals surface area contributed by atoms with E-state index < -0.39 is 0 Å². The summed E-state index contributed by atoms with van der Waals surface area (Å²) in [5, 5.41) is 4.98. The second-order valence-corrected chi connectivity index (χ2v) is 22.5. The zero-order chi connectivity index (χ0) is 49.8. The van der Waals surface area contributed by atoms with Crippen LogP contribution in [0.25, 0.3) is 88.3 Å². The van der Waals surface area contributed by atoms with Gasteiger partial charge in [0.1, 0.15) is 0 Å². The fourth-order valence-electron chi connectivity index (χ4n) is 12.4. The SMILES string of the molecule is CC(C)(C)c1ccc(-c2ccc(-c3ccc(N(c4ccc5c(c4)-c4cc6ccccc6cc4C5(C)C)c4ccc5ccccc5c4-c4ccc5c(c4)C(C)(C)c4ccccc4-5)c(-c4ccccc4)c3)cc2)cc1. The smallest absolute Gasteiger partial charge is 0.0546 e. The maximum Gasteiger partial charge on any atom is 0.0546 e. The molecule has 0 aromatic heterocycles. The average Bonchev–Trinajstić information content (AvgIpc) is 3.78.